The smallest absolute Gasteiger partial charge is 0.0541 e. The molecule has 2 unspecified atom stereocenters. The van der Waals surface area contributed by atoms with E-state index in [4.69, 9.17) is 0 Å². The largest absolute Gasteiger partial charge is 0.351 e. The van der Waals surface area contributed by atoms with E-state index in [1.165, 1.54) is 64.9 Å². The fourth-order valence-electron chi connectivity index (χ4n) is 5.33. The summed E-state index contributed by atoms with van der Waals surface area (Å²) in [7, 11) is 2.20. The molecule has 2 atom stereocenters. The van der Waals surface area contributed by atoms with Gasteiger partial charge >= 0.3 is 0 Å². The SMILES string of the molecule is CC1=CC2=C(Br)C3C(=CC2=C1CC1C(C)=Cc2c(Br)cccc21)N(C)C(C)=C3C. The first kappa shape index (κ1) is 19.4. The van der Waals surface area contributed by atoms with Crippen LogP contribution in [0, 0.1) is 5.92 Å². The molecule has 1 nitrogen and oxygen atoms in total. The standard InChI is InChI=1S/C26H25Br2N/c1-13-9-21-17(7-6-8-23(21)27)18(13)11-19-14(2)10-22-20(19)12-24-25(26(22)28)15(3)16(4)29(24)5/h6-10,12,18,25H,11H2,1-5H3. The van der Waals surface area contributed by atoms with Crippen molar-refractivity contribution in [3.05, 3.63) is 95.3 Å². The topological polar surface area (TPSA) is 3.24 Å². The van der Waals surface area contributed by atoms with Gasteiger partial charge in [0.2, 0.25) is 0 Å². The number of rotatable bonds is 2. The molecule has 0 saturated heterocycles. The van der Waals surface area contributed by atoms with Crippen LogP contribution >= 0.6 is 31.9 Å². The average molecular weight is 511 g/mol. The van der Waals surface area contributed by atoms with Crippen LogP contribution in [0.5, 0.6) is 0 Å². The number of hydrogen-bond acceptors (Lipinski definition) is 1. The van der Waals surface area contributed by atoms with Gasteiger partial charge in [-0.15, -0.1) is 0 Å². The molecule has 1 heterocycles. The molecule has 0 amide bonds. The third-order valence-corrected chi connectivity index (χ3v) is 8.81. The fraction of sp³-hybridized carbons (Fsp3) is 0.308. The van der Waals surface area contributed by atoms with Crippen molar-refractivity contribution in [3.63, 3.8) is 0 Å². The van der Waals surface area contributed by atoms with E-state index >= 15 is 0 Å². The van der Waals surface area contributed by atoms with E-state index in [2.05, 4.69) is 108 Å². The maximum atomic E-state index is 3.99. The summed E-state index contributed by atoms with van der Waals surface area (Å²) in [6.07, 6.45) is 8.24. The number of benzene rings is 1. The Balaban J connectivity index is 1.60. The molecule has 0 bridgehead atoms. The van der Waals surface area contributed by atoms with Crippen LogP contribution in [0.25, 0.3) is 6.08 Å². The first-order valence-corrected chi connectivity index (χ1v) is 11.8. The lowest BCUT2D eigenvalue weighted by atomic mass is 9.84. The van der Waals surface area contributed by atoms with Gasteiger partial charge in [-0.05, 0) is 85.3 Å². The van der Waals surface area contributed by atoms with Gasteiger partial charge in [0.05, 0.1) is 5.92 Å². The molecule has 0 aromatic heterocycles. The van der Waals surface area contributed by atoms with E-state index in [1.54, 1.807) is 0 Å². The van der Waals surface area contributed by atoms with Crippen LogP contribution in [0.15, 0.2) is 84.1 Å². The van der Waals surface area contributed by atoms with Crippen LogP contribution in [-0.2, 0) is 0 Å². The molecule has 0 saturated carbocycles. The number of fused-ring (bicyclic) bond motifs is 3. The maximum absolute atomic E-state index is 3.99. The summed E-state index contributed by atoms with van der Waals surface area (Å²) in [5.41, 5.74) is 14.1. The predicted molar refractivity (Wildman–Crippen MR) is 130 cm³/mol. The Morgan fingerprint density at radius 3 is 2.48 bits per heavy atom. The second-order valence-corrected chi connectivity index (χ2v) is 10.4. The Morgan fingerprint density at radius 1 is 0.966 bits per heavy atom. The summed E-state index contributed by atoms with van der Waals surface area (Å²) in [6, 6.07) is 6.60. The zero-order valence-electron chi connectivity index (χ0n) is 17.5. The molecule has 4 aliphatic rings. The van der Waals surface area contributed by atoms with Crippen LogP contribution in [0.1, 0.15) is 51.2 Å². The van der Waals surface area contributed by atoms with Crippen molar-refractivity contribution in [2.75, 3.05) is 7.05 Å². The summed E-state index contributed by atoms with van der Waals surface area (Å²) in [4.78, 5) is 2.36. The van der Waals surface area contributed by atoms with E-state index in [-0.39, 0.29) is 0 Å². The molecule has 0 N–H and O–H groups in total. The van der Waals surface area contributed by atoms with Gasteiger partial charge in [-0.3, -0.25) is 0 Å². The van der Waals surface area contributed by atoms with E-state index < -0.39 is 0 Å². The molecule has 1 aromatic carbocycles. The molecule has 1 aliphatic heterocycles. The Kier molecular flexibility index (Phi) is 4.49. The van der Waals surface area contributed by atoms with E-state index in [0.717, 1.165) is 6.42 Å². The first-order valence-electron chi connectivity index (χ1n) is 10.2. The van der Waals surface area contributed by atoms with Gasteiger partial charge in [-0.2, -0.15) is 0 Å². The second kappa shape index (κ2) is 6.72. The Bertz CT molecular complexity index is 1150. The molecule has 29 heavy (non-hydrogen) atoms. The number of nitrogens with zero attached hydrogens (tertiary/aromatic N) is 1. The summed E-state index contributed by atoms with van der Waals surface area (Å²) in [6.45, 7) is 9.05. The van der Waals surface area contributed by atoms with E-state index in [1.807, 2.05) is 0 Å². The summed E-state index contributed by atoms with van der Waals surface area (Å²) in [5, 5.41) is 0. The third kappa shape index (κ3) is 2.70. The Labute approximate surface area is 190 Å². The molecule has 0 spiro atoms. The number of halogens is 2. The molecular weight excluding hydrogens is 486 g/mol. The van der Waals surface area contributed by atoms with E-state index in [0.29, 0.717) is 11.8 Å². The lowest BCUT2D eigenvalue weighted by Gasteiger charge is -2.27. The highest BCUT2D eigenvalue weighted by Crippen LogP contribution is 2.53. The van der Waals surface area contributed by atoms with Crippen LogP contribution in [0.3, 0.4) is 0 Å². The van der Waals surface area contributed by atoms with Gasteiger partial charge < -0.3 is 4.90 Å². The molecule has 148 valence electrons. The molecule has 0 radical (unpaired) electrons. The fourth-order valence-corrected chi connectivity index (χ4v) is 6.74. The molecule has 3 aliphatic carbocycles. The zero-order valence-corrected chi connectivity index (χ0v) is 20.7. The van der Waals surface area contributed by atoms with Crippen molar-refractivity contribution < 1.29 is 0 Å². The van der Waals surface area contributed by atoms with Crippen LogP contribution in [-0.4, -0.2) is 11.9 Å². The van der Waals surface area contributed by atoms with Crippen LogP contribution in [0.2, 0.25) is 0 Å². The van der Waals surface area contributed by atoms with Gasteiger partial charge in [0.25, 0.3) is 0 Å². The highest BCUT2D eigenvalue weighted by molar-refractivity contribution is 9.11. The highest BCUT2D eigenvalue weighted by Gasteiger charge is 2.38. The lowest BCUT2D eigenvalue weighted by molar-refractivity contribution is 0.521. The first-order chi connectivity index (χ1) is 13.8. The van der Waals surface area contributed by atoms with Crippen molar-refractivity contribution in [3.8, 4) is 0 Å². The molecule has 5 rings (SSSR count). The van der Waals surface area contributed by atoms with Gasteiger partial charge in [-0.25, -0.2) is 0 Å². The third-order valence-electron chi connectivity index (χ3n) is 7.24. The zero-order chi connectivity index (χ0) is 20.6. The molecule has 3 heteroatoms. The Hall–Kier alpha value is -1.58. The van der Waals surface area contributed by atoms with Crippen LogP contribution < -0.4 is 0 Å². The predicted octanol–water partition coefficient (Wildman–Crippen LogP) is 8.00. The van der Waals surface area contributed by atoms with Gasteiger partial charge in [0.1, 0.15) is 0 Å². The van der Waals surface area contributed by atoms with Crippen molar-refractivity contribution in [1.29, 1.82) is 0 Å². The van der Waals surface area contributed by atoms with Crippen molar-refractivity contribution in [1.82, 2.24) is 4.90 Å². The van der Waals surface area contributed by atoms with Gasteiger partial charge in [0.15, 0.2) is 0 Å². The van der Waals surface area contributed by atoms with Crippen molar-refractivity contribution in [2.45, 2.75) is 40.0 Å². The minimum Gasteiger partial charge on any atom is -0.351 e. The average Bonchev–Trinajstić information content (AvgIpc) is 3.25. The Morgan fingerprint density at radius 2 is 1.72 bits per heavy atom. The lowest BCUT2D eigenvalue weighted by Crippen LogP contribution is -2.17. The number of allylic oxidation sites excluding steroid dienone is 9. The van der Waals surface area contributed by atoms with Gasteiger partial charge in [-0.1, -0.05) is 61.7 Å². The maximum Gasteiger partial charge on any atom is 0.0541 e. The van der Waals surface area contributed by atoms with Crippen molar-refractivity contribution in [2.24, 2.45) is 5.92 Å². The molecule has 0 fully saturated rings. The highest BCUT2D eigenvalue weighted by atomic mass is 79.9. The van der Waals surface area contributed by atoms with Crippen molar-refractivity contribution >= 4 is 37.9 Å². The minimum atomic E-state index is 0.368. The normalized spacial score (nSPS) is 25.3. The monoisotopic (exact) mass is 509 g/mol. The van der Waals surface area contributed by atoms with E-state index in [9.17, 15) is 0 Å². The van der Waals surface area contributed by atoms with Gasteiger partial charge in [0, 0.05) is 33.3 Å². The van der Waals surface area contributed by atoms with Crippen LogP contribution in [0.4, 0.5) is 0 Å². The summed E-state index contributed by atoms with van der Waals surface area (Å²) < 4.78 is 2.52. The number of hydrogen-bond donors (Lipinski definition) is 0. The second-order valence-electron chi connectivity index (χ2n) is 8.70. The summed E-state index contributed by atoms with van der Waals surface area (Å²) >= 11 is 7.73. The molecular formula is C26H25Br2N. The minimum absolute atomic E-state index is 0.368. The molecule has 1 aromatic rings. The summed E-state index contributed by atoms with van der Waals surface area (Å²) in [5.74, 6) is 0.817. The quantitative estimate of drug-likeness (QED) is 0.389.